The summed E-state index contributed by atoms with van der Waals surface area (Å²) in [6.07, 6.45) is 2.72. The zero-order chi connectivity index (χ0) is 21.4. The average Bonchev–Trinajstić information content (AvgIpc) is 3.12. The SMILES string of the molecule is N#Cc1ccnc(-c2nc(N)nc3c2ncn3Cc2c(F)cc([N+](=O)[O-])cc2F)c1. The van der Waals surface area contributed by atoms with Crippen molar-refractivity contribution in [3.8, 4) is 17.5 Å². The molecule has 10 nitrogen and oxygen atoms in total. The molecule has 12 heteroatoms. The van der Waals surface area contributed by atoms with Gasteiger partial charge in [0.15, 0.2) is 5.65 Å². The Morgan fingerprint density at radius 3 is 2.60 bits per heavy atom. The maximum absolute atomic E-state index is 14.3. The second-order valence-corrected chi connectivity index (χ2v) is 6.16. The van der Waals surface area contributed by atoms with E-state index < -0.39 is 27.8 Å². The number of nitro groups is 1. The topological polar surface area (TPSA) is 149 Å². The average molecular weight is 408 g/mol. The molecule has 1 aromatic carbocycles. The highest BCUT2D eigenvalue weighted by molar-refractivity contribution is 5.87. The molecule has 2 N–H and O–H groups in total. The van der Waals surface area contributed by atoms with Gasteiger partial charge in [0.1, 0.15) is 22.8 Å². The van der Waals surface area contributed by atoms with Crippen molar-refractivity contribution in [1.29, 1.82) is 5.26 Å². The highest BCUT2D eigenvalue weighted by Crippen LogP contribution is 2.27. The number of imidazole rings is 1. The van der Waals surface area contributed by atoms with E-state index in [0.717, 1.165) is 0 Å². The number of nitrogens with two attached hydrogens (primary N) is 1. The molecule has 3 aromatic heterocycles. The van der Waals surface area contributed by atoms with E-state index in [9.17, 15) is 18.9 Å². The minimum atomic E-state index is -1.07. The minimum Gasteiger partial charge on any atom is -0.368 e. The Morgan fingerprint density at radius 1 is 1.20 bits per heavy atom. The molecule has 4 rings (SSSR count). The number of hydrogen-bond acceptors (Lipinski definition) is 8. The first kappa shape index (κ1) is 18.8. The van der Waals surface area contributed by atoms with Crippen LogP contribution in [0.25, 0.3) is 22.6 Å². The second-order valence-electron chi connectivity index (χ2n) is 6.16. The number of halogens is 2. The van der Waals surface area contributed by atoms with Crippen molar-refractivity contribution in [1.82, 2.24) is 24.5 Å². The summed E-state index contributed by atoms with van der Waals surface area (Å²) in [5, 5.41) is 19.8. The number of nitrogens with zero attached hydrogens (tertiary/aromatic N) is 7. The number of aromatic nitrogens is 5. The Bertz CT molecular complexity index is 1340. The first-order valence-corrected chi connectivity index (χ1v) is 8.34. The monoisotopic (exact) mass is 408 g/mol. The molecule has 0 aliphatic rings. The number of anilines is 1. The van der Waals surface area contributed by atoms with E-state index in [0.29, 0.717) is 23.4 Å². The first-order valence-electron chi connectivity index (χ1n) is 8.34. The van der Waals surface area contributed by atoms with Crippen molar-refractivity contribution in [2.24, 2.45) is 0 Å². The number of hydrogen-bond donors (Lipinski definition) is 1. The summed E-state index contributed by atoms with van der Waals surface area (Å²) in [7, 11) is 0. The number of rotatable bonds is 4. The van der Waals surface area contributed by atoms with Gasteiger partial charge in [-0.15, -0.1) is 0 Å². The van der Waals surface area contributed by atoms with Crippen LogP contribution in [-0.2, 0) is 6.54 Å². The fraction of sp³-hybridized carbons (Fsp3) is 0.0556. The third-order valence-corrected chi connectivity index (χ3v) is 4.28. The third-order valence-electron chi connectivity index (χ3n) is 4.28. The van der Waals surface area contributed by atoms with Crippen LogP contribution in [0.4, 0.5) is 20.4 Å². The molecule has 30 heavy (non-hydrogen) atoms. The molecule has 0 atom stereocenters. The molecule has 148 valence electrons. The quantitative estimate of drug-likeness (QED) is 0.400. The maximum Gasteiger partial charge on any atom is 0.275 e. The van der Waals surface area contributed by atoms with E-state index in [1.54, 1.807) is 0 Å². The summed E-state index contributed by atoms with van der Waals surface area (Å²) in [6, 6.07) is 6.29. The van der Waals surface area contributed by atoms with E-state index in [-0.39, 0.29) is 29.4 Å². The van der Waals surface area contributed by atoms with Crippen LogP contribution in [0.15, 0.2) is 36.8 Å². The molecule has 0 saturated carbocycles. The molecule has 0 amide bonds. The summed E-state index contributed by atoms with van der Waals surface area (Å²) in [6.45, 7) is -0.340. The highest BCUT2D eigenvalue weighted by Gasteiger charge is 2.20. The zero-order valence-electron chi connectivity index (χ0n) is 15.0. The summed E-state index contributed by atoms with van der Waals surface area (Å²) < 4.78 is 29.9. The van der Waals surface area contributed by atoms with Crippen LogP contribution in [0.3, 0.4) is 0 Å². The number of nitro benzene ring substituents is 1. The van der Waals surface area contributed by atoms with Gasteiger partial charge in [-0.2, -0.15) is 10.2 Å². The molecule has 0 unspecified atom stereocenters. The van der Waals surface area contributed by atoms with Gasteiger partial charge in [0.2, 0.25) is 5.95 Å². The number of nitriles is 1. The van der Waals surface area contributed by atoms with Crippen LogP contribution in [-0.4, -0.2) is 29.4 Å². The molecule has 0 bridgehead atoms. The van der Waals surface area contributed by atoms with Gasteiger partial charge in [-0.3, -0.25) is 15.1 Å². The lowest BCUT2D eigenvalue weighted by Gasteiger charge is -2.08. The third kappa shape index (κ3) is 3.24. The molecule has 0 radical (unpaired) electrons. The number of non-ortho nitro benzene ring substituents is 1. The summed E-state index contributed by atoms with van der Waals surface area (Å²) >= 11 is 0. The largest absolute Gasteiger partial charge is 0.368 e. The Hall–Kier alpha value is -4.53. The van der Waals surface area contributed by atoms with Crippen molar-refractivity contribution in [2.45, 2.75) is 6.54 Å². The minimum absolute atomic E-state index is 0.131. The predicted molar refractivity (Wildman–Crippen MR) is 99.8 cm³/mol. The lowest BCUT2D eigenvalue weighted by Crippen LogP contribution is -2.07. The van der Waals surface area contributed by atoms with E-state index in [1.165, 1.54) is 29.2 Å². The van der Waals surface area contributed by atoms with Crippen molar-refractivity contribution in [3.05, 3.63) is 69.7 Å². The second kappa shape index (κ2) is 7.13. The van der Waals surface area contributed by atoms with Gasteiger partial charge in [-0.1, -0.05) is 0 Å². The zero-order valence-corrected chi connectivity index (χ0v) is 15.0. The van der Waals surface area contributed by atoms with Crippen LogP contribution in [0, 0.1) is 33.1 Å². The molecule has 0 fully saturated rings. The highest BCUT2D eigenvalue weighted by atomic mass is 19.1. The van der Waals surface area contributed by atoms with Gasteiger partial charge < -0.3 is 10.3 Å². The van der Waals surface area contributed by atoms with Crippen molar-refractivity contribution >= 4 is 22.8 Å². The van der Waals surface area contributed by atoms with Gasteiger partial charge in [0.05, 0.1) is 47.3 Å². The van der Waals surface area contributed by atoms with Crippen molar-refractivity contribution < 1.29 is 13.7 Å². The fourth-order valence-electron chi connectivity index (χ4n) is 2.90. The Balaban J connectivity index is 1.82. The number of fused-ring (bicyclic) bond motifs is 1. The standard InChI is InChI=1S/C18H10F2N8O2/c19-12-4-10(28(29)30)5-13(20)11(12)7-27-8-24-16-15(25-18(22)26-17(16)27)14-3-9(6-21)1-2-23-14/h1-5,8H,7H2,(H2,22,25,26). The molecule has 3 heterocycles. The maximum atomic E-state index is 14.3. The lowest BCUT2D eigenvalue weighted by molar-refractivity contribution is -0.385. The molecule has 0 saturated heterocycles. The van der Waals surface area contributed by atoms with Crippen LogP contribution >= 0.6 is 0 Å². The smallest absolute Gasteiger partial charge is 0.275 e. The lowest BCUT2D eigenvalue weighted by atomic mass is 10.1. The number of nitrogen functional groups attached to an aromatic ring is 1. The van der Waals surface area contributed by atoms with Gasteiger partial charge in [0.25, 0.3) is 5.69 Å². The van der Waals surface area contributed by atoms with Crippen molar-refractivity contribution in [2.75, 3.05) is 5.73 Å². The van der Waals surface area contributed by atoms with E-state index >= 15 is 0 Å². The van der Waals surface area contributed by atoms with Gasteiger partial charge in [0, 0.05) is 11.8 Å². The molecule has 0 aliphatic carbocycles. The fourth-order valence-corrected chi connectivity index (χ4v) is 2.90. The van der Waals surface area contributed by atoms with E-state index in [2.05, 4.69) is 19.9 Å². The van der Waals surface area contributed by atoms with Crippen molar-refractivity contribution in [3.63, 3.8) is 0 Å². The van der Waals surface area contributed by atoms with Crippen LogP contribution in [0.1, 0.15) is 11.1 Å². The van der Waals surface area contributed by atoms with Gasteiger partial charge in [-0.25, -0.2) is 18.7 Å². The van der Waals surface area contributed by atoms with Gasteiger partial charge in [-0.05, 0) is 12.1 Å². The predicted octanol–water partition coefficient (Wildman–Crippen LogP) is 2.58. The first-order chi connectivity index (χ1) is 14.4. The Labute approximate surface area is 166 Å². The molecular weight excluding hydrogens is 398 g/mol. The van der Waals surface area contributed by atoms with Gasteiger partial charge >= 0.3 is 0 Å². The molecule has 0 aliphatic heterocycles. The summed E-state index contributed by atoms with van der Waals surface area (Å²) in [5.41, 5.74) is 6.05. The Morgan fingerprint density at radius 2 is 1.93 bits per heavy atom. The summed E-state index contributed by atoms with van der Waals surface area (Å²) in [4.78, 5) is 26.5. The molecular formula is C18H10F2N8O2. The summed E-state index contributed by atoms with van der Waals surface area (Å²) in [5.74, 6) is -2.28. The molecule has 0 spiro atoms. The van der Waals surface area contributed by atoms with E-state index in [4.69, 9.17) is 11.0 Å². The van der Waals surface area contributed by atoms with E-state index in [1.807, 2.05) is 6.07 Å². The van der Waals surface area contributed by atoms with Crippen LogP contribution in [0.2, 0.25) is 0 Å². The Kier molecular flexibility index (Phi) is 4.47. The number of pyridine rings is 1. The number of benzene rings is 1. The molecule has 4 aromatic rings. The van der Waals surface area contributed by atoms with Crippen LogP contribution in [0.5, 0.6) is 0 Å². The normalized spacial score (nSPS) is 10.8. The van der Waals surface area contributed by atoms with Crippen LogP contribution < -0.4 is 5.73 Å².